The maximum atomic E-state index is 12.5. The first-order chi connectivity index (χ1) is 13.2. The summed E-state index contributed by atoms with van der Waals surface area (Å²) in [6, 6.07) is 10.0. The molecule has 0 saturated heterocycles. The zero-order valence-electron chi connectivity index (χ0n) is 15.3. The Bertz CT molecular complexity index is 1010. The molecule has 144 valence electrons. The van der Waals surface area contributed by atoms with Gasteiger partial charge in [-0.3, -0.25) is 9.59 Å². The molecule has 0 spiro atoms. The van der Waals surface area contributed by atoms with Crippen LogP contribution >= 0.6 is 27.5 Å². The summed E-state index contributed by atoms with van der Waals surface area (Å²) in [4.78, 5) is 23.7. The van der Waals surface area contributed by atoms with Gasteiger partial charge in [-0.25, -0.2) is 0 Å². The lowest BCUT2D eigenvalue weighted by Gasteiger charge is -2.11. The smallest absolute Gasteiger partial charge is 0.308 e. The van der Waals surface area contributed by atoms with Gasteiger partial charge in [-0.05, 0) is 48.4 Å². The summed E-state index contributed by atoms with van der Waals surface area (Å²) >= 11 is 9.40. The van der Waals surface area contributed by atoms with Crippen molar-refractivity contribution in [2.45, 2.75) is 13.8 Å². The number of rotatable bonds is 5. The minimum absolute atomic E-state index is 0.125. The molecular formula is C20H16BrClN2O4. The maximum absolute atomic E-state index is 12.5. The van der Waals surface area contributed by atoms with Gasteiger partial charge in [0, 0.05) is 22.1 Å². The van der Waals surface area contributed by atoms with E-state index >= 15 is 0 Å². The number of nitrogens with zero attached hydrogens (tertiary/aromatic N) is 1. The second-order valence-corrected chi connectivity index (χ2v) is 6.97. The fourth-order valence-electron chi connectivity index (χ4n) is 2.23. The molecule has 0 bridgehead atoms. The van der Waals surface area contributed by atoms with Crippen molar-refractivity contribution in [3.05, 3.63) is 56.5 Å². The van der Waals surface area contributed by atoms with E-state index in [1.165, 1.54) is 26.2 Å². The molecular weight excluding hydrogens is 448 g/mol. The number of hydrogen-bond donors (Lipinski definition) is 1. The van der Waals surface area contributed by atoms with Crippen LogP contribution in [0, 0.1) is 18.3 Å². The zero-order valence-corrected chi connectivity index (χ0v) is 17.6. The van der Waals surface area contributed by atoms with Crippen molar-refractivity contribution < 1.29 is 19.1 Å². The summed E-state index contributed by atoms with van der Waals surface area (Å²) in [5.74, 6) is -0.580. The molecule has 0 radical (unpaired) electrons. The predicted octanol–water partition coefficient (Wildman–Crippen LogP) is 4.89. The fourth-order valence-corrected chi connectivity index (χ4v) is 2.85. The number of aryl methyl sites for hydroxylation is 1. The summed E-state index contributed by atoms with van der Waals surface area (Å²) in [5, 5.41) is 12.5. The molecule has 0 atom stereocenters. The average molecular weight is 464 g/mol. The first-order valence-corrected chi connectivity index (χ1v) is 9.17. The Morgan fingerprint density at radius 2 is 1.96 bits per heavy atom. The molecule has 8 heteroatoms. The van der Waals surface area contributed by atoms with Crippen LogP contribution in [0.15, 0.2) is 40.4 Å². The number of hydrogen-bond acceptors (Lipinski definition) is 5. The maximum Gasteiger partial charge on any atom is 0.308 e. The third kappa shape index (κ3) is 5.35. The Hall–Kier alpha value is -2.82. The lowest BCUT2D eigenvalue weighted by molar-refractivity contribution is -0.132. The van der Waals surface area contributed by atoms with Gasteiger partial charge >= 0.3 is 5.97 Å². The Morgan fingerprint density at radius 3 is 2.54 bits per heavy atom. The summed E-state index contributed by atoms with van der Waals surface area (Å²) < 4.78 is 10.8. The Morgan fingerprint density at radius 1 is 1.25 bits per heavy atom. The number of nitriles is 1. The molecule has 0 aliphatic carbocycles. The van der Waals surface area contributed by atoms with E-state index in [4.69, 9.17) is 21.1 Å². The van der Waals surface area contributed by atoms with Gasteiger partial charge in [-0.15, -0.1) is 0 Å². The van der Waals surface area contributed by atoms with Crippen molar-refractivity contribution in [2.24, 2.45) is 0 Å². The van der Waals surface area contributed by atoms with Gasteiger partial charge in [-0.2, -0.15) is 5.26 Å². The molecule has 0 saturated carbocycles. The normalized spacial score (nSPS) is 10.8. The largest absolute Gasteiger partial charge is 0.493 e. The molecule has 2 aromatic rings. The highest BCUT2D eigenvalue weighted by Gasteiger charge is 2.15. The third-order valence-corrected chi connectivity index (χ3v) is 4.73. The van der Waals surface area contributed by atoms with Gasteiger partial charge in [-0.1, -0.05) is 33.6 Å². The number of methoxy groups -OCH3 is 1. The third-order valence-electron chi connectivity index (χ3n) is 3.63. The van der Waals surface area contributed by atoms with Gasteiger partial charge < -0.3 is 14.8 Å². The number of carbonyl (C=O) groups is 2. The second-order valence-electron chi connectivity index (χ2n) is 5.71. The minimum Gasteiger partial charge on any atom is -0.493 e. The summed E-state index contributed by atoms with van der Waals surface area (Å²) in [6.07, 6.45) is 1.40. The number of ether oxygens (including phenoxy) is 2. The van der Waals surface area contributed by atoms with Gasteiger partial charge in [0.05, 0.1) is 7.11 Å². The molecule has 0 aliphatic heterocycles. The van der Waals surface area contributed by atoms with Crippen molar-refractivity contribution >= 4 is 51.2 Å². The number of carbonyl (C=O) groups excluding carboxylic acids is 2. The molecule has 1 amide bonds. The predicted molar refractivity (Wildman–Crippen MR) is 110 cm³/mol. The molecule has 2 rings (SSSR count). The quantitative estimate of drug-likeness (QED) is 0.295. The van der Waals surface area contributed by atoms with Crippen LogP contribution in [0.3, 0.4) is 0 Å². The van der Waals surface area contributed by atoms with E-state index in [1.54, 1.807) is 24.3 Å². The number of esters is 1. The van der Waals surface area contributed by atoms with E-state index in [2.05, 4.69) is 21.2 Å². The molecule has 6 nitrogen and oxygen atoms in total. The Labute approximate surface area is 175 Å². The molecule has 0 heterocycles. The van der Waals surface area contributed by atoms with E-state index in [9.17, 15) is 14.9 Å². The SMILES string of the molecule is COc1cc(/C=C(/C#N)C(=O)Nc2ccc(C)c(Cl)c2)c(Br)cc1OC(C)=O. The highest BCUT2D eigenvalue weighted by Crippen LogP contribution is 2.35. The van der Waals surface area contributed by atoms with E-state index in [0.29, 0.717) is 20.7 Å². The van der Waals surface area contributed by atoms with Crippen molar-refractivity contribution in [3.8, 4) is 17.6 Å². The van der Waals surface area contributed by atoms with Gasteiger partial charge in [0.25, 0.3) is 5.91 Å². The van der Waals surface area contributed by atoms with Crippen LogP contribution in [0.1, 0.15) is 18.1 Å². The first-order valence-electron chi connectivity index (χ1n) is 8.00. The standard InChI is InChI=1S/C20H16BrClN2O4/c1-11-4-5-15(8-17(11)22)24-20(26)14(10-23)6-13-7-18(27-3)19(9-16(13)21)28-12(2)25/h4-9H,1-3H3,(H,24,26)/b14-6-. The average Bonchev–Trinajstić information content (AvgIpc) is 2.63. The molecule has 0 unspecified atom stereocenters. The number of amides is 1. The lowest BCUT2D eigenvalue weighted by Crippen LogP contribution is -2.13. The van der Waals surface area contributed by atoms with Crippen LogP contribution in [-0.2, 0) is 9.59 Å². The summed E-state index contributed by atoms with van der Waals surface area (Å²) in [5.41, 5.74) is 1.73. The van der Waals surface area contributed by atoms with Crippen LogP contribution < -0.4 is 14.8 Å². The highest BCUT2D eigenvalue weighted by atomic mass is 79.9. The fraction of sp³-hybridized carbons (Fsp3) is 0.150. The van der Waals surface area contributed by atoms with Crippen molar-refractivity contribution in [1.82, 2.24) is 0 Å². The Balaban J connectivity index is 2.34. The van der Waals surface area contributed by atoms with Gasteiger partial charge in [0.15, 0.2) is 11.5 Å². The number of halogens is 2. The van der Waals surface area contributed by atoms with Gasteiger partial charge in [0.2, 0.25) is 0 Å². The van der Waals surface area contributed by atoms with Crippen LogP contribution in [0.4, 0.5) is 5.69 Å². The number of nitrogens with one attached hydrogen (secondary N) is 1. The number of benzene rings is 2. The van der Waals surface area contributed by atoms with Crippen molar-refractivity contribution in [2.75, 3.05) is 12.4 Å². The van der Waals surface area contributed by atoms with E-state index in [-0.39, 0.29) is 17.1 Å². The van der Waals surface area contributed by atoms with E-state index < -0.39 is 11.9 Å². The first kappa shape index (κ1) is 21.5. The van der Waals surface area contributed by atoms with Crippen LogP contribution in [0.2, 0.25) is 5.02 Å². The molecule has 0 aliphatic rings. The molecule has 2 aromatic carbocycles. The molecule has 1 N–H and O–H groups in total. The van der Waals surface area contributed by atoms with Gasteiger partial charge in [0.1, 0.15) is 11.6 Å². The zero-order chi connectivity index (χ0) is 20.8. The second kappa shape index (κ2) is 9.40. The van der Waals surface area contributed by atoms with Crippen LogP contribution in [0.25, 0.3) is 6.08 Å². The summed E-state index contributed by atoms with van der Waals surface area (Å²) in [6.45, 7) is 3.12. The van der Waals surface area contributed by atoms with E-state index in [0.717, 1.165) is 5.56 Å². The lowest BCUT2D eigenvalue weighted by atomic mass is 10.1. The van der Waals surface area contributed by atoms with Crippen LogP contribution in [0.5, 0.6) is 11.5 Å². The monoisotopic (exact) mass is 462 g/mol. The topological polar surface area (TPSA) is 88.4 Å². The van der Waals surface area contributed by atoms with Crippen LogP contribution in [-0.4, -0.2) is 19.0 Å². The van der Waals surface area contributed by atoms with Crippen molar-refractivity contribution in [3.63, 3.8) is 0 Å². The molecule has 0 aromatic heterocycles. The summed E-state index contributed by atoms with van der Waals surface area (Å²) in [7, 11) is 1.42. The molecule has 28 heavy (non-hydrogen) atoms. The molecule has 0 fully saturated rings. The minimum atomic E-state index is -0.586. The van der Waals surface area contributed by atoms with Crippen molar-refractivity contribution in [1.29, 1.82) is 5.26 Å². The highest BCUT2D eigenvalue weighted by molar-refractivity contribution is 9.10. The van der Waals surface area contributed by atoms with E-state index in [1.807, 2.05) is 13.0 Å². The number of anilines is 1. The Kier molecular flexibility index (Phi) is 7.21.